The molecule has 3 N–H and O–H groups in total. The third-order valence-corrected chi connectivity index (χ3v) is 9.20. The third kappa shape index (κ3) is 10.1. The van der Waals surface area contributed by atoms with Gasteiger partial charge in [-0.15, -0.1) is 0 Å². The summed E-state index contributed by atoms with van der Waals surface area (Å²) in [5.41, 5.74) is 0.931. The summed E-state index contributed by atoms with van der Waals surface area (Å²) < 4.78 is 37.3. The van der Waals surface area contributed by atoms with Crippen LogP contribution in [0.2, 0.25) is 0 Å². The van der Waals surface area contributed by atoms with Crippen LogP contribution in [0.5, 0.6) is 5.75 Å². The summed E-state index contributed by atoms with van der Waals surface area (Å²) in [5.74, 6) is 0.390. The van der Waals surface area contributed by atoms with E-state index in [9.17, 15) is 18.0 Å². The second-order valence-corrected chi connectivity index (χ2v) is 14.8. The number of nitrogens with one attached hydrogen (secondary N) is 3. The van der Waals surface area contributed by atoms with E-state index in [4.69, 9.17) is 8.92 Å². The van der Waals surface area contributed by atoms with Crippen LogP contribution in [0.25, 0.3) is 10.2 Å². The molecule has 1 saturated heterocycles. The maximum absolute atomic E-state index is 12.9. The Bertz CT molecular complexity index is 1530. The number of fused-ring (bicyclic) bond motifs is 1. The number of aromatic nitrogens is 1. The predicted octanol–water partition coefficient (Wildman–Crippen LogP) is 5.84. The highest BCUT2D eigenvalue weighted by molar-refractivity contribution is 7.87. The van der Waals surface area contributed by atoms with Crippen molar-refractivity contribution in [1.29, 1.82) is 0 Å². The number of benzene rings is 2. The van der Waals surface area contributed by atoms with E-state index in [0.717, 1.165) is 38.0 Å². The fourth-order valence-electron chi connectivity index (χ4n) is 4.74. The fourth-order valence-corrected chi connectivity index (χ4v) is 6.57. The highest BCUT2D eigenvalue weighted by atomic mass is 32.2. The first-order chi connectivity index (χ1) is 20.8. The van der Waals surface area contributed by atoms with Crippen molar-refractivity contribution in [1.82, 2.24) is 15.2 Å². The highest BCUT2D eigenvalue weighted by Gasteiger charge is 2.27. The first-order valence-electron chi connectivity index (χ1n) is 15.0. The normalized spacial score (nSPS) is 14.5. The number of carbonyl (C=O) groups is 2. The molecule has 0 spiro atoms. The standard InChI is InChI=1S/C31H43N5O6S2/c1-21(2)32-16-17-33-23-7-10-25(11-8-23)44(39,40)42-24-9-12-26-27(20-24)43-29(34-26)35-28(37)13-6-22-14-18-36(19-15-22)30(38)41-31(3,4)5/h7-12,20-22,32-33H,6,13-19H2,1-5H3,(H,34,35,37). The predicted molar refractivity (Wildman–Crippen MR) is 174 cm³/mol. The largest absolute Gasteiger partial charge is 0.444 e. The second kappa shape index (κ2) is 14.6. The lowest BCUT2D eigenvalue weighted by Gasteiger charge is -2.33. The lowest BCUT2D eigenvalue weighted by Crippen LogP contribution is -2.41. The highest BCUT2D eigenvalue weighted by Crippen LogP contribution is 2.31. The van der Waals surface area contributed by atoms with E-state index >= 15 is 0 Å². The molecule has 0 atom stereocenters. The first kappa shape index (κ1) is 33.5. The zero-order valence-corrected chi connectivity index (χ0v) is 27.6. The van der Waals surface area contributed by atoms with E-state index in [1.807, 2.05) is 20.8 Å². The number of hydrogen-bond donors (Lipinski definition) is 3. The van der Waals surface area contributed by atoms with Gasteiger partial charge in [-0.2, -0.15) is 8.42 Å². The fraction of sp³-hybridized carbons (Fsp3) is 0.516. The molecule has 13 heteroatoms. The van der Waals surface area contributed by atoms with E-state index < -0.39 is 15.7 Å². The van der Waals surface area contributed by atoms with Crippen LogP contribution >= 0.6 is 11.3 Å². The van der Waals surface area contributed by atoms with Gasteiger partial charge in [-0.3, -0.25) is 4.79 Å². The number of rotatable bonds is 12. The van der Waals surface area contributed by atoms with Gasteiger partial charge in [0.05, 0.1) is 10.2 Å². The number of amides is 2. The number of hydrogen-bond acceptors (Lipinski definition) is 10. The summed E-state index contributed by atoms with van der Waals surface area (Å²) in [5, 5.41) is 9.86. The minimum atomic E-state index is -4.04. The number of anilines is 2. The van der Waals surface area contributed by atoms with Gasteiger partial charge < -0.3 is 29.8 Å². The van der Waals surface area contributed by atoms with Gasteiger partial charge in [-0.25, -0.2) is 9.78 Å². The Morgan fingerprint density at radius 2 is 1.77 bits per heavy atom. The molecule has 0 radical (unpaired) electrons. The summed E-state index contributed by atoms with van der Waals surface area (Å²) >= 11 is 1.25. The van der Waals surface area contributed by atoms with Crippen LogP contribution in [0, 0.1) is 5.92 Å². The van der Waals surface area contributed by atoms with Crippen LogP contribution in [0.1, 0.15) is 60.3 Å². The van der Waals surface area contributed by atoms with Crippen LogP contribution < -0.4 is 20.1 Å². The van der Waals surface area contributed by atoms with Gasteiger partial charge in [-0.1, -0.05) is 25.2 Å². The number of nitrogens with zero attached hydrogens (tertiary/aromatic N) is 2. The topological polar surface area (TPSA) is 139 Å². The molecule has 1 fully saturated rings. The molecule has 0 saturated carbocycles. The summed E-state index contributed by atoms with van der Waals surface area (Å²) in [4.78, 5) is 31.2. The Hall–Kier alpha value is -3.42. The molecule has 0 unspecified atom stereocenters. The van der Waals surface area contributed by atoms with Crippen molar-refractivity contribution in [2.75, 3.05) is 36.8 Å². The molecule has 0 bridgehead atoms. The SMILES string of the molecule is CC(C)NCCNc1ccc(S(=O)(=O)Oc2ccc3nc(NC(=O)CCC4CCN(C(=O)OC(C)(C)C)CC4)sc3c2)cc1. The quantitative estimate of drug-likeness (QED) is 0.164. The molecule has 11 nitrogen and oxygen atoms in total. The van der Waals surface area contributed by atoms with E-state index in [1.165, 1.54) is 23.5 Å². The molecular formula is C31H43N5O6S2. The van der Waals surface area contributed by atoms with Crippen LogP contribution in [0.4, 0.5) is 15.6 Å². The molecule has 240 valence electrons. The minimum Gasteiger partial charge on any atom is -0.444 e. The molecule has 3 aromatic rings. The van der Waals surface area contributed by atoms with Gasteiger partial charge in [0.15, 0.2) is 5.13 Å². The van der Waals surface area contributed by atoms with Crippen molar-refractivity contribution < 1.29 is 26.9 Å². The maximum Gasteiger partial charge on any atom is 0.410 e. The third-order valence-electron chi connectivity index (χ3n) is 7.01. The maximum atomic E-state index is 12.9. The van der Waals surface area contributed by atoms with Gasteiger partial charge in [0.2, 0.25) is 5.91 Å². The van der Waals surface area contributed by atoms with E-state index in [0.29, 0.717) is 46.8 Å². The smallest absolute Gasteiger partial charge is 0.410 e. The lowest BCUT2D eigenvalue weighted by atomic mass is 9.92. The molecule has 0 aliphatic carbocycles. The molecule has 4 rings (SSSR count). The second-order valence-electron chi connectivity index (χ2n) is 12.2. The van der Waals surface area contributed by atoms with E-state index in [-0.39, 0.29) is 22.6 Å². The Balaban J connectivity index is 1.25. The summed E-state index contributed by atoms with van der Waals surface area (Å²) in [6.45, 7) is 12.5. The molecule has 1 aliphatic rings. The van der Waals surface area contributed by atoms with Crippen molar-refractivity contribution in [3.05, 3.63) is 42.5 Å². The Labute approximate surface area is 263 Å². The van der Waals surface area contributed by atoms with E-state index in [2.05, 4.69) is 34.8 Å². The molecular weight excluding hydrogens is 603 g/mol. The number of carbonyl (C=O) groups excluding carboxylic acids is 2. The van der Waals surface area contributed by atoms with Gasteiger partial charge in [0.25, 0.3) is 0 Å². The van der Waals surface area contributed by atoms with Gasteiger partial charge in [-0.05, 0) is 82.3 Å². The Morgan fingerprint density at radius 3 is 2.43 bits per heavy atom. The summed E-state index contributed by atoms with van der Waals surface area (Å²) in [7, 11) is -4.04. The Morgan fingerprint density at radius 1 is 1.07 bits per heavy atom. The molecule has 2 heterocycles. The van der Waals surface area contributed by atoms with Crippen molar-refractivity contribution in [3.8, 4) is 5.75 Å². The molecule has 1 aromatic heterocycles. The minimum absolute atomic E-state index is 0.0521. The van der Waals surface area contributed by atoms with Crippen molar-refractivity contribution >= 4 is 54.5 Å². The number of likely N-dealkylation sites (tertiary alicyclic amines) is 1. The van der Waals surface area contributed by atoms with Crippen LogP contribution in [-0.2, 0) is 19.6 Å². The molecule has 44 heavy (non-hydrogen) atoms. The van der Waals surface area contributed by atoms with Crippen LogP contribution in [0.15, 0.2) is 47.4 Å². The van der Waals surface area contributed by atoms with Crippen molar-refractivity contribution in [3.63, 3.8) is 0 Å². The monoisotopic (exact) mass is 645 g/mol. The lowest BCUT2D eigenvalue weighted by molar-refractivity contribution is -0.116. The zero-order chi connectivity index (χ0) is 31.9. The number of ether oxygens (including phenoxy) is 1. The average molecular weight is 646 g/mol. The number of thiazole rings is 1. The molecule has 2 amide bonds. The van der Waals surface area contributed by atoms with Gasteiger partial charge >= 0.3 is 16.2 Å². The van der Waals surface area contributed by atoms with Crippen LogP contribution in [0.3, 0.4) is 0 Å². The molecule has 2 aromatic carbocycles. The van der Waals surface area contributed by atoms with E-state index in [1.54, 1.807) is 35.2 Å². The van der Waals surface area contributed by atoms with Crippen LogP contribution in [-0.4, -0.2) is 68.1 Å². The van der Waals surface area contributed by atoms with Crippen molar-refractivity contribution in [2.45, 2.75) is 76.8 Å². The zero-order valence-electron chi connectivity index (χ0n) is 26.0. The average Bonchev–Trinajstić information content (AvgIpc) is 3.35. The summed E-state index contributed by atoms with van der Waals surface area (Å²) in [6.07, 6.45) is 2.44. The summed E-state index contributed by atoms with van der Waals surface area (Å²) in [6, 6.07) is 11.7. The Kier molecular flexibility index (Phi) is 11.1. The molecule has 1 aliphatic heterocycles. The first-order valence-corrected chi connectivity index (χ1v) is 17.2. The van der Waals surface area contributed by atoms with Gasteiger partial charge in [0.1, 0.15) is 16.2 Å². The van der Waals surface area contributed by atoms with Gasteiger partial charge in [0, 0.05) is 50.4 Å². The number of piperidine rings is 1. The van der Waals surface area contributed by atoms with Crippen molar-refractivity contribution in [2.24, 2.45) is 5.92 Å².